The molecule has 0 N–H and O–H groups in total. The van der Waals surface area contributed by atoms with E-state index in [2.05, 4.69) is 43.7 Å². The minimum Gasteiger partial charge on any atom is -0.338 e. The maximum atomic E-state index is 5.47. The number of fused-ring (bicyclic) bond motifs is 1. The molecule has 7 heteroatoms. The van der Waals surface area contributed by atoms with Crippen LogP contribution in [0.2, 0.25) is 0 Å². The van der Waals surface area contributed by atoms with Gasteiger partial charge in [0, 0.05) is 25.3 Å². The summed E-state index contributed by atoms with van der Waals surface area (Å²) in [7, 11) is 0. The van der Waals surface area contributed by atoms with Gasteiger partial charge in [-0.1, -0.05) is 25.4 Å². The van der Waals surface area contributed by atoms with E-state index in [1.165, 1.54) is 50.2 Å². The highest BCUT2D eigenvalue weighted by Crippen LogP contribution is 2.64. The summed E-state index contributed by atoms with van der Waals surface area (Å²) in [5, 5.41) is 13.3. The summed E-state index contributed by atoms with van der Waals surface area (Å²) in [5.41, 5.74) is 0.463. The van der Waals surface area contributed by atoms with Crippen molar-refractivity contribution in [3.05, 3.63) is 23.4 Å². The zero-order valence-electron chi connectivity index (χ0n) is 17.2. The summed E-state index contributed by atoms with van der Waals surface area (Å²) >= 11 is 0. The number of piperidine rings is 1. The Morgan fingerprint density at radius 2 is 1.96 bits per heavy atom. The number of rotatable bonds is 5. The summed E-state index contributed by atoms with van der Waals surface area (Å²) in [6.07, 6.45) is 9.62. The van der Waals surface area contributed by atoms with E-state index in [1.807, 2.05) is 0 Å². The van der Waals surface area contributed by atoms with Crippen molar-refractivity contribution in [2.75, 3.05) is 13.1 Å². The van der Waals surface area contributed by atoms with Gasteiger partial charge in [0.1, 0.15) is 11.6 Å². The van der Waals surface area contributed by atoms with Crippen LogP contribution >= 0.6 is 0 Å². The molecule has 3 aliphatic rings. The van der Waals surface area contributed by atoms with E-state index in [9.17, 15) is 0 Å². The van der Waals surface area contributed by atoms with Crippen molar-refractivity contribution in [3.8, 4) is 0 Å². The fraction of sp³-hybridized carbons (Fsp3) is 0.810. The van der Waals surface area contributed by atoms with Crippen LogP contribution in [0.4, 0.5) is 0 Å². The Bertz CT molecular complexity index is 817. The van der Waals surface area contributed by atoms with Crippen molar-refractivity contribution in [1.29, 1.82) is 0 Å². The molecule has 4 heterocycles. The van der Waals surface area contributed by atoms with E-state index in [4.69, 9.17) is 4.52 Å². The average molecular weight is 385 g/mol. The van der Waals surface area contributed by atoms with Crippen molar-refractivity contribution in [2.24, 2.45) is 11.3 Å². The highest BCUT2D eigenvalue weighted by molar-refractivity contribution is 5.21. The molecule has 5 rings (SSSR count). The first-order chi connectivity index (χ1) is 13.6. The number of likely N-dealkylation sites (tertiary alicyclic amines) is 1. The molecule has 2 fully saturated rings. The van der Waals surface area contributed by atoms with Crippen LogP contribution in [0, 0.1) is 11.3 Å². The third-order valence-electron chi connectivity index (χ3n) is 6.95. The minimum absolute atomic E-state index is 0.463. The molecule has 2 aliphatic heterocycles. The van der Waals surface area contributed by atoms with Gasteiger partial charge in [-0.15, -0.1) is 10.2 Å². The quantitative estimate of drug-likeness (QED) is 0.787. The SMILES string of the molecule is CC(C)Cc1noc(CN2CCC3(CC2)C[C@@H]3c2nnc3n2CCCCC3)n1. The van der Waals surface area contributed by atoms with Crippen molar-refractivity contribution in [3.63, 3.8) is 0 Å². The molecule has 0 radical (unpaired) electrons. The van der Waals surface area contributed by atoms with Gasteiger partial charge in [-0.05, 0) is 56.5 Å². The smallest absolute Gasteiger partial charge is 0.240 e. The lowest BCUT2D eigenvalue weighted by molar-refractivity contribution is 0.145. The van der Waals surface area contributed by atoms with Crippen molar-refractivity contribution in [1.82, 2.24) is 29.8 Å². The lowest BCUT2D eigenvalue weighted by Gasteiger charge is -2.31. The third kappa shape index (κ3) is 3.49. The number of aryl methyl sites for hydroxylation is 1. The molecule has 0 bridgehead atoms. The largest absolute Gasteiger partial charge is 0.338 e. The fourth-order valence-electron chi connectivity index (χ4n) is 5.18. The molecule has 28 heavy (non-hydrogen) atoms. The van der Waals surface area contributed by atoms with Crippen LogP contribution in [0.3, 0.4) is 0 Å². The summed E-state index contributed by atoms with van der Waals surface area (Å²) in [6, 6.07) is 0. The summed E-state index contributed by atoms with van der Waals surface area (Å²) < 4.78 is 7.92. The molecule has 1 spiro atoms. The normalized spacial score (nSPS) is 24.5. The molecule has 0 amide bonds. The molecular formula is C21H32N6O. The standard InChI is InChI=1S/C21H32N6O/c1-15(2)12-17-22-19(28-25-17)14-26-10-7-21(8-11-26)13-16(21)20-24-23-18-6-4-3-5-9-27(18)20/h15-16H,3-14H2,1-2H3/t16-/m1/s1. The highest BCUT2D eigenvalue weighted by atomic mass is 16.5. The van der Waals surface area contributed by atoms with Gasteiger partial charge in [-0.3, -0.25) is 4.90 Å². The number of hydrogen-bond donors (Lipinski definition) is 0. The minimum atomic E-state index is 0.463. The first kappa shape index (κ1) is 18.3. The fourth-order valence-corrected chi connectivity index (χ4v) is 5.18. The molecule has 1 atom stereocenters. The van der Waals surface area contributed by atoms with Crippen LogP contribution in [0.25, 0.3) is 0 Å². The predicted molar refractivity (Wildman–Crippen MR) is 105 cm³/mol. The lowest BCUT2D eigenvalue weighted by atomic mass is 9.90. The Labute approximate surface area is 166 Å². The van der Waals surface area contributed by atoms with Crippen LogP contribution in [0.1, 0.15) is 81.7 Å². The second kappa shape index (κ2) is 7.25. The van der Waals surface area contributed by atoms with Gasteiger partial charge in [0.15, 0.2) is 5.82 Å². The Kier molecular flexibility index (Phi) is 4.73. The van der Waals surface area contributed by atoms with Gasteiger partial charge in [-0.25, -0.2) is 0 Å². The van der Waals surface area contributed by atoms with Gasteiger partial charge in [0.25, 0.3) is 0 Å². The molecule has 152 valence electrons. The van der Waals surface area contributed by atoms with Gasteiger partial charge < -0.3 is 9.09 Å². The van der Waals surface area contributed by atoms with Crippen LogP contribution in [0.15, 0.2) is 4.52 Å². The number of hydrogen-bond acceptors (Lipinski definition) is 6. The zero-order valence-corrected chi connectivity index (χ0v) is 17.2. The second-order valence-electron chi connectivity index (χ2n) is 9.53. The van der Waals surface area contributed by atoms with Gasteiger partial charge in [-0.2, -0.15) is 4.98 Å². The van der Waals surface area contributed by atoms with Gasteiger partial charge in [0.05, 0.1) is 6.54 Å². The maximum Gasteiger partial charge on any atom is 0.240 e. The first-order valence-electron chi connectivity index (χ1n) is 11.1. The number of nitrogens with zero attached hydrogens (tertiary/aromatic N) is 6. The van der Waals surface area contributed by atoms with Crippen LogP contribution in [0.5, 0.6) is 0 Å². The lowest BCUT2D eigenvalue weighted by Crippen LogP contribution is -2.34. The maximum absolute atomic E-state index is 5.47. The van der Waals surface area contributed by atoms with Crippen LogP contribution < -0.4 is 0 Å². The first-order valence-corrected chi connectivity index (χ1v) is 11.1. The topological polar surface area (TPSA) is 72.9 Å². The summed E-state index contributed by atoms with van der Waals surface area (Å²) in [6.45, 7) is 8.48. The molecule has 0 aromatic carbocycles. The summed E-state index contributed by atoms with van der Waals surface area (Å²) in [5.74, 6) is 5.28. The van der Waals surface area contributed by atoms with E-state index in [0.717, 1.165) is 50.7 Å². The third-order valence-corrected chi connectivity index (χ3v) is 6.95. The van der Waals surface area contributed by atoms with Crippen molar-refractivity contribution >= 4 is 0 Å². The molecule has 2 aromatic rings. The molecule has 2 aromatic heterocycles. The highest BCUT2D eigenvalue weighted by Gasteiger charge is 2.57. The van der Waals surface area contributed by atoms with Crippen LogP contribution in [-0.2, 0) is 25.9 Å². The Balaban J connectivity index is 1.18. The molecule has 7 nitrogen and oxygen atoms in total. The Morgan fingerprint density at radius 1 is 1.11 bits per heavy atom. The molecule has 1 aliphatic carbocycles. The van der Waals surface area contributed by atoms with E-state index in [1.54, 1.807) is 0 Å². The van der Waals surface area contributed by atoms with Crippen LogP contribution in [-0.4, -0.2) is 42.9 Å². The summed E-state index contributed by atoms with van der Waals surface area (Å²) in [4.78, 5) is 7.04. The van der Waals surface area contributed by atoms with E-state index >= 15 is 0 Å². The van der Waals surface area contributed by atoms with Gasteiger partial charge in [0.2, 0.25) is 5.89 Å². The number of aromatic nitrogens is 5. The Morgan fingerprint density at radius 3 is 2.79 bits per heavy atom. The molecule has 1 saturated carbocycles. The van der Waals surface area contributed by atoms with Gasteiger partial charge >= 0.3 is 0 Å². The zero-order chi connectivity index (χ0) is 19.1. The van der Waals surface area contributed by atoms with E-state index < -0.39 is 0 Å². The molecular weight excluding hydrogens is 352 g/mol. The Hall–Kier alpha value is -1.76. The average Bonchev–Trinajstić information content (AvgIpc) is 3.08. The molecule has 0 unspecified atom stereocenters. The van der Waals surface area contributed by atoms with Crippen molar-refractivity contribution < 1.29 is 4.52 Å². The van der Waals surface area contributed by atoms with Crippen molar-refractivity contribution in [2.45, 2.75) is 84.2 Å². The van der Waals surface area contributed by atoms with E-state index in [-0.39, 0.29) is 0 Å². The predicted octanol–water partition coefficient (Wildman–Crippen LogP) is 3.36. The second-order valence-corrected chi connectivity index (χ2v) is 9.53. The molecule has 1 saturated heterocycles. The monoisotopic (exact) mass is 384 g/mol. The van der Waals surface area contributed by atoms with E-state index in [0.29, 0.717) is 17.3 Å².